The first-order valence-corrected chi connectivity index (χ1v) is 4.50. The first kappa shape index (κ1) is 14.7. The van der Waals surface area contributed by atoms with Gasteiger partial charge in [0.1, 0.15) is 30.6 Å². The molecule has 1 unspecified atom stereocenters. The zero-order valence-electron chi connectivity index (χ0n) is 8.72. The fraction of sp³-hybridized carbons (Fsp3) is 1.00. The smallest absolute Gasteiger partial charge is 0.135 e. The molecule has 15 heavy (non-hydrogen) atoms. The molecule has 0 bridgehead atoms. The van der Waals surface area contributed by atoms with Gasteiger partial charge >= 0.3 is 0 Å². The number of likely N-dealkylation sites (N-methyl/N-ethyl adjacent to an activating group) is 1. The van der Waals surface area contributed by atoms with Gasteiger partial charge in [0, 0.05) is 0 Å². The predicted octanol–water partition coefficient (Wildman–Crippen LogP) is -3.70. The second kappa shape index (κ2) is 6.33. The lowest BCUT2D eigenvalue weighted by molar-refractivity contribution is -0.163. The summed E-state index contributed by atoms with van der Waals surface area (Å²) in [6, 6.07) is 0. The van der Waals surface area contributed by atoms with Crippen molar-refractivity contribution in [1.82, 2.24) is 4.90 Å². The summed E-state index contributed by atoms with van der Waals surface area (Å²) in [5.41, 5.74) is 0. The fourth-order valence-corrected chi connectivity index (χ4v) is 1.02. The van der Waals surface area contributed by atoms with Gasteiger partial charge in [0.05, 0.1) is 6.61 Å². The first-order chi connectivity index (χ1) is 6.82. The van der Waals surface area contributed by atoms with Crippen LogP contribution in [0.5, 0.6) is 0 Å². The van der Waals surface area contributed by atoms with E-state index in [1.54, 1.807) is 0 Å². The van der Waals surface area contributed by atoms with E-state index in [0.717, 1.165) is 0 Å². The largest absolute Gasteiger partial charge is 0.394 e. The Morgan fingerprint density at radius 1 is 0.867 bits per heavy atom. The molecule has 0 saturated carbocycles. The fourth-order valence-electron chi connectivity index (χ4n) is 1.02. The third-order valence-corrected chi connectivity index (χ3v) is 2.12. The highest BCUT2D eigenvalue weighted by atomic mass is 16.4. The van der Waals surface area contributed by atoms with Gasteiger partial charge in [-0.1, -0.05) is 0 Å². The minimum atomic E-state index is -1.75. The van der Waals surface area contributed by atoms with Crippen molar-refractivity contribution in [3.8, 4) is 0 Å². The maximum Gasteiger partial charge on any atom is 0.135 e. The van der Waals surface area contributed by atoms with Crippen LogP contribution in [0.3, 0.4) is 0 Å². The molecule has 0 aliphatic carbocycles. The van der Waals surface area contributed by atoms with Crippen LogP contribution in [0, 0.1) is 0 Å². The molecule has 0 amide bonds. The van der Waals surface area contributed by atoms with Gasteiger partial charge < -0.3 is 30.6 Å². The Balaban J connectivity index is 4.36. The molecule has 0 aliphatic rings. The quantitative estimate of drug-likeness (QED) is 0.257. The molecule has 7 nitrogen and oxygen atoms in total. The molecule has 0 saturated heterocycles. The minimum Gasteiger partial charge on any atom is -0.394 e. The Morgan fingerprint density at radius 2 is 1.33 bits per heavy atom. The summed E-state index contributed by atoms with van der Waals surface area (Å²) < 4.78 is 0. The van der Waals surface area contributed by atoms with Crippen molar-refractivity contribution in [2.75, 3.05) is 20.7 Å². The predicted molar refractivity (Wildman–Crippen MR) is 50.8 cm³/mol. The number of aliphatic hydroxyl groups excluding tert-OH is 6. The van der Waals surface area contributed by atoms with Gasteiger partial charge in [-0.05, 0) is 14.1 Å². The summed E-state index contributed by atoms with van der Waals surface area (Å²) in [5.74, 6) is 0. The standard InChI is InChI=1S/C8H19NO6/c1-9(2)8(15)7(14)6(13)5(12)4(11)3-10/h4-8,10-15H,3H2,1-2H3/t4-,5+,6-,7+,8?/m1/s1. The molecule has 0 aromatic heterocycles. The van der Waals surface area contributed by atoms with Crippen LogP contribution in [0.4, 0.5) is 0 Å². The van der Waals surface area contributed by atoms with Gasteiger partial charge in [-0.2, -0.15) is 0 Å². The van der Waals surface area contributed by atoms with E-state index in [9.17, 15) is 20.4 Å². The monoisotopic (exact) mass is 225 g/mol. The Bertz CT molecular complexity index is 179. The van der Waals surface area contributed by atoms with Crippen LogP contribution >= 0.6 is 0 Å². The molecule has 0 aromatic carbocycles. The Hall–Kier alpha value is -0.280. The third-order valence-electron chi connectivity index (χ3n) is 2.12. The van der Waals surface area contributed by atoms with E-state index in [-0.39, 0.29) is 0 Å². The highest BCUT2D eigenvalue weighted by Gasteiger charge is 2.34. The zero-order chi connectivity index (χ0) is 12.2. The molecule has 0 heterocycles. The normalized spacial score (nSPS) is 22.2. The molecular weight excluding hydrogens is 206 g/mol. The minimum absolute atomic E-state index is 0.747. The average Bonchev–Trinajstić information content (AvgIpc) is 2.23. The lowest BCUT2D eigenvalue weighted by Crippen LogP contribution is -2.53. The average molecular weight is 225 g/mol. The van der Waals surface area contributed by atoms with E-state index < -0.39 is 37.3 Å². The number of nitrogens with zero attached hydrogens (tertiary/aromatic N) is 1. The van der Waals surface area contributed by atoms with Crippen molar-refractivity contribution in [2.45, 2.75) is 30.6 Å². The van der Waals surface area contributed by atoms with E-state index in [1.165, 1.54) is 19.0 Å². The summed E-state index contributed by atoms with van der Waals surface area (Å²) >= 11 is 0. The lowest BCUT2D eigenvalue weighted by Gasteiger charge is -2.31. The van der Waals surface area contributed by atoms with Crippen LogP contribution in [0.15, 0.2) is 0 Å². The lowest BCUT2D eigenvalue weighted by atomic mass is 10.0. The van der Waals surface area contributed by atoms with Crippen molar-refractivity contribution in [2.24, 2.45) is 0 Å². The number of hydrogen-bond donors (Lipinski definition) is 6. The van der Waals surface area contributed by atoms with Gasteiger partial charge in [-0.25, -0.2) is 0 Å². The van der Waals surface area contributed by atoms with Crippen molar-refractivity contribution < 1.29 is 30.6 Å². The van der Waals surface area contributed by atoms with E-state index >= 15 is 0 Å². The van der Waals surface area contributed by atoms with Crippen LogP contribution in [-0.2, 0) is 0 Å². The molecule has 0 rings (SSSR count). The van der Waals surface area contributed by atoms with Crippen molar-refractivity contribution in [3.05, 3.63) is 0 Å². The Labute approximate surface area is 87.8 Å². The molecular formula is C8H19NO6. The van der Waals surface area contributed by atoms with E-state index in [1.807, 2.05) is 0 Å². The molecule has 6 N–H and O–H groups in total. The van der Waals surface area contributed by atoms with Crippen molar-refractivity contribution >= 4 is 0 Å². The molecule has 0 spiro atoms. The number of aliphatic hydroxyl groups is 6. The summed E-state index contributed by atoms with van der Waals surface area (Å²) in [6.45, 7) is -0.747. The second-order valence-corrected chi connectivity index (χ2v) is 3.60. The Morgan fingerprint density at radius 3 is 1.67 bits per heavy atom. The Kier molecular flexibility index (Phi) is 6.22. The van der Waals surface area contributed by atoms with Gasteiger partial charge in [0.2, 0.25) is 0 Å². The van der Waals surface area contributed by atoms with Crippen LogP contribution in [-0.4, -0.2) is 86.9 Å². The number of hydrogen-bond acceptors (Lipinski definition) is 7. The van der Waals surface area contributed by atoms with E-state index in [0.29, 0.717) is 0 Å². The van der Waals surface area contributed by atoms with Gasteiger partial charge in [-0.3, -0.25) is 4.90 Å². The van der Waals surface area contributed by atoms with Crippen LogP contribution < -0.4 is 0 Å². The summed E-state index contributed by atoms with van der Waals surface area (Å²) in [5, 5.41) is 54.8. The number of rotatable bonds is 6. The summed E-state index contributed by atoms with van der Waals surface area (Å²) in [4.78, 5) is 1.23. The second-order valence-electron chi connectivity index (χ2n) is 3.60. The van der Waals surface area contributed by atoms with Gasteiger partial charge in [0.25, 0.3) is 0 Å². The molecule has 0 radical (unpaired) electrons. The molecule has 5 atom stereocenters. The van der Waals surface area contributed by atoms with E-state index in [2.05, 4.69) is 0 Å². The highest BCUT2D eigenvalue weighted by Crippen LogP contribution is 2.09. The van der Waals surface area contributed by atoms with Gasteiger partial charge in [0.15, 0.2) is 0 Å². The zero-order valence-corrected chi connectivity index (χ0v) is 8.72. The van der Waals surface area contributed by atoms with Crippen molar-refractivity contribution in [1.29, 1.82) is 0 Å². The van der Waals surface area contributed by atoms with Crippen molar-refractivity contribution in [3.63, 3.8) is 0 Å². The van der Waals surface area contributed by atoms with Crippen LogP contribution in [0.25, 0.3) is 0 Å². The maximum absolute atomic E-state index is 9.38. The summed E-state index contributed by atoms with van der Waals surface area (Å²) in [6.07, 6.45) is -8.05. The molecule has 0 aliphatic heterocycles. The molecule has 0 aromatic rings. The third kappa shape index (κ3) is 3.99. The SMILES string of the molecule is CN(C)C(O)[C@@H](O)[C@H](O)[C@@H](O)[C@H](O)CO. The summed E-state index contributed by atoms with van der Waals surface area (Å²) in [7, 11) is 2.94. The van der Waals surface area contributed by atoms with Crippen LogP contribution in [0.1, 0.15) is 0 Å². The first-order valence-electron chi connectivity index (χ1n) is 4.50. The molecule has 7 heteroatoms. The maximum atomic E-state index is 9.38. The van der Waals surface area contributed by atoms with E-state index in [4.69, 9.17) is 10.2 Å². The highest BCUT2D eigenvalue weighted by molar-refractivity contribution is 4.83. The topological polar surface area (TPSA) is 125 Å². The molecule has 92 valence electrons. The molecule has 0 fully saturated rings. The van der Waals surface area contributed by atoms with Crippen LogP contribution in [0.2, 0.25) is 0 Å². The van der Waals surface area contributed by atoms with Gasteiger partial charge in [-0.15, -0.1) is 0 Å².